The molecule has 0 saturated carbocycles. The molecular weight excluding hydrogens is 344 g/mol. The lowest BCUT2D eigenvalue weighted by Crippen LogP contribution is -2.29. The summed E-state index contributed by atoms with van der Waals surface area (Å²) in [6, 6.07) is 8.22. The highest BCUT2D eigenvalue weighted by atomic mass is 32.1. The molecule has 1 fully saturated rings. The third-order valence-electron chi connectivity index (χ3n) is 5.22. The number of nitrogens with zero attached hydrogens (tertiary/aromatic N) is 2. The van der Waals surface area contributed by atoms with E-state index in [0.29, 0.717) is 6.54 Å². The molecule has 1 aliphatic carbocycles. The Morgan fingerprint density at radius 2 is 1.85 bits per heavy atom. The molecule has 1 saturated heterocycles. The van der Waals surface area contributed by atoms with Crippen LogP contribution in [0.4, 0.5) is 9.93 Å². The number of aryl methyl sites for hydroxylation is 2. The number of hydrogen-bond acceptors (Lipinski definition) is 4. The predicted octanol–water partition coefficient (Wildman–Crippen LogP) is 3.94. The first kappa shape index (κ1) is 17.5. The van der Waals surface area contributed by atoms with E-state index in [9.17, 15) is 4.79 Å². The Kier molecular flexibility index (Phi) is 5.51. The quantitative estimate of drug-likeness (QED) is 0.838. The van der Waals surface area contributed by atoms with Crippen LogP contribution in [-0.2, 0) is 25.9 Å². The zero-order chi connectivity index (χ0) is 17.8. The summed E-state index contributed by atoms with van der Waals surface area (Å²) < 4.78 is 0. The van der Waals surface area contributed by atoms with E-state index < -0.39 is 0 Å². The van der Waals surface area contributed by atoms with Crippen LogP contribution in [0.15, 0.2) is 24.3 Å². The van der Waals surface area contributed by atoms with Gasteiger partial charge in [-0.3, -0.25) is 10.2 Å². The number of amides is 2. The minimum absolute atomic E-state index is 0.174. The van der Waals surface area contributed by atoms with Crippen molar-refractivity contribution in [2.75, 3.05) is 18.4 Å². The van der Waals surface area contributed by atoms with Crippen LogP contribution in [0.5, 0.6) is 0 Å². The van der Waals surface area contributed by atoms with Gasteiger partial charge in [-0.15, -0.1) is 11.3 Å². The second-order valence-corrected chi connectivity index (χ2v) is 8.24. The van der Waals surface area contributed by atoms with Gasteiger partial charge >= 0.3 is 6.03 Å². The maximum absolute atomic E-state index is 12.3. The summed E-state index contributed by atoms with van der Waals surface area (Å²) in [6.45, 7) is 3.87. The fourth-order valence-corrected chi connectivity index (χ4v) is 4.83. The summed E-state index contributed by atoms with van der Waals surface area (Å²) in [5, 5.41) is 6.62. The predicted molar refractivity (Wildman–Crippen MR) is 106 cm³/mol. The molecule has 0 bridgehead atoms. The highest BCUT2D eigenvalue weighted by molar-refractivity contribution is 7.15. The van der Waals surface area contributed by atoms with E-state index in [1.165, 1.54) is 60.5 Å². The van der Waals surface area contributed by atoms with Gasteiger partial charge in [-0.2, -0.15) is 0 Å². The van der Waals surface area contributed by atoms with Crippen LogP contribution < -0.4 is 10.6 Å². The average molecular weight is 371 g/mol. The standard InChI is InChI=1S/C20H26N4OS/c25-19(23-20-22-17-9-3-4-10-18(17)26-20)21-13-15-7-1-2-8-16(15)14-24-11-5-6-12-24/h1-2,7-8H,3-6,9-14H2,(H2,21,22,23,25). The molecule has 2 aliphatic rings. The summed E-state index contributed by atoms with van der Waals surface area (Å²) in [5.41, 5.74) is 3.67. The smallest absolute Gasteiger partial charge is 0.321 e. The monoisotopic (exact) mass is 370 g/mol. The Balaban J connectivity index is 1.33. The molecule has 2 N–H and O–H groups in total. The molecule has 2 aromatic rings. The van der Waals surface area contributed by atoms with E-state index in [0.717, 1.165) is 24.5 Å². The van der Waals surface area contributed by atoms with E-state index in [1.54, 1.807) is 11.3 Å². The van der Waals surface area contributed by atoms with Gasteiger partial charge in [-0.1, -0.05) is 24.3 Å². The van der Waals surface area contributed by atoms with Crippen LogP contribution in [0.2, 0.25) is 0 Å². The Hall–Kier alpha value is -1.92. The van der Waals surface area contributed by atoms with Crippen LogP contribution in [0.3, 0.4) is 0 Å². The number of rotatable bonds is 5. The Bertz CT molecular complexity index is 743. The van der Waals surface area contributed by atoms with Crippen molar-refractivity contribution in [3.05, 3.63) is 46.0 Å². The largest absolute Gasteiger partial charge is 0.334 e. The second-order valence-electron chi connectivity index (χ2n) is 7.16. The molecule has 1 aliphatic heterocycles. The zero-order valence-electron chi connectivity index (χ0n) is 15.1. The normalized spacial score (nSPS) is 17.1. The Morgan fingerprint density at radius 1 is 1.08 bits per heavy atom. The summed E-state index contributed by atoms with van der Waals surface area (Å²) >= 11 is 1.62. The van der Waals surface area contributed by atoms with Crippen molar-refractivity contribution in [1.29, 1.82) is 0 Å². The fourth-order valence-electron chi connectivity index (χ4n) is 3.79. The number of anilines is 1. The van der Waals surface area contributed by atoms with Gasteiger partial charge in [-0.25, -0.2) is 9.78 Å². The molecule has 4 rings (SSSR count). The lowest BCUT2D eigenvalue weighted by atomic mass is 10.0. The Morgan fingerprint density at radius 3 is 2.65 bits per heavy atom. The van der Waals surface area contributed by atoms with Crippen LogP contribution in [0.1, 0.15) is 47.4 Å². The molecule has 0 unspecified atom stereocenters. The zero-order valence-corrected chi connectivity index (χ0v) is 15.9. The van der Waals surface area contributed by atoms with Gasteiger partial charge in [0, 0.05) is 18.0 Å². The topological polar surface area (TPSA) is 57.3 Å². The minimum atomic E-state index is -0.174. The first-order chi connectivity index (χ1) is 12.8. The molecular formula is C20H26N4OS. The lowest BCUT2D eigenvalue weighted by Gasteiger charge is -2.17. The molecule has 2 amide bonds. The Labute approximate surface area is 158 Å². The highest BCUT2D eigenvalue weighted by Gasteiger charge is 2.17. The second kappa shape index (κ2) is 8.18. The molecule has 6 heteroatoms. The molecule has 2 heterocycles. The van der Waals surface area contributed by atoms with Gasteiger partial charge in [0.1, 0.15) is 0 Å². The van der Waals surface area contributed by atoms with Crippen LogP contribution in [-0.4, -0.2) is 29.0 Å². The molecule has 26 heavy (non-hydrogen) atoms. The van der Waals surface area contributed by atoms with Crippen molar-refractivity contribution < 1.29 is 4.79 Å². The summed E-state index contributed by atoms with van der Waals surface area (Å²) in [5.74, 6) is 0. The number of hydrogen-bond donors (Lipinski definition) is 2. The molecule has 0 atom stereocenters. The van der Waals surface area contributed by atoms with E-state index in [4.69, 9.17) is 0 Å². The number of urea groups is 1. The minimum Gasteiger partial charge on any atom is -0.334 e. The highest BCUT2D eigenvalue weighted by Crippen LogP contribution is 2.29. The number of carbonyl (C=O) groups excluding carboxylic acids is 1. The van der Waals surface area contributed by atoms with E-state index in [1.807, 2.05) is 6.07 Å². The number of nitrogens with one attached hydrogen (secondary N) is 2. The van der Waals surface area contributed by atoms with Crippen molar-refractivity contribution in [2.24, 2.45) is 0 Å². The van der Waals surface area contributed by atoms with Crippen LogP contribution in [0.25, 0.3) is 0 Å². The van der Waals surface area contributed by atoms with Crippen LogP contribution in [0, 0.1) is 0 Å². The summed E-state index contributed by atoms with van der Waals surface area (Å²) in [6.07, 6.45) is 7.16. The van der Waals surface area contributed by atoms with Gasteiger partial charge in [0.05, 0.1) is 5.69 Å². The summed E-state index contributed by atoms with van der Waals surface area (Å²) in [7, 11) is 0. The first-order valence-electron chi connectivity index (χ1n) is 9.60. The van der Waals surface area contributed by atoms with Crippen molar-refractivity contribution in [2.45, 2.75) is 51.6 Å². The lowest BCUT2D eigenvalue weighted by molar-refractivity contribution is 0.251. The molecule has 138 valence electrons. The fraction of sp³-hybridized carbons (Fsp3) is 0.500. The van der Waals surface area contributed by atoms with Gasteiger partial charge in [0.15, 0.2) is 5.13 Å². The van der Waals surface area contributed by atoms with E-state index in [2.05, 4.69) is 38.7 Å². The maximum Gasteiger partial charge on any atom is 0.321 e. The first-order valence-corrected chi connectivity index (χ1v) is 10.4. The van der Waals surface area contributed by atoms with Crippen LogP contribution >= 0.6 is 11.3 Å². The number of benzene rings is 1. The third-order valence-corrected chi connectivity index (χ3v) is 6.29. The number of fused-ring (bicyclic) bond motifs is 1. The molecule has 5 nitrogen and oxygen atoms in total. The number of aromatic nitrogens is 1. The van der Waals surface area contributed by atoms with Crippen molar-refractivity contribution in [3.8, 4) is 0 Å². The third kappa shape index (κ3) is 4.24. The molecule has 1 aromatic carbocycles. The van der Waals surface area contributed by atoms with E-state index in [-0.39, 0.29) is 6.03 Å². The van der Waals surface area contributed by atoms with E-state index >= 15 is 0 Å². The number of thiazole rings is 1. The van der Waals surface area contributed by atoms with Gasteiger partial charge in [0.2, 0.25) is 0 Å². The average Bonchev–Trinajstić information content (AvgIpc) is 3.30. The van der Waals surface area contributed by atoms with Crippen molar-refractivity contribution >= 4 is 22.5 Å². The van der Waals surface area contributed by atoms with Crippen molar-refractivity contribution in [1.82, 2.24) is 15.2 Å². The molecule has 1 aromatic heterocycles. The molecule has 0 radical (unpaired) electrons. The maximum atomic E-state index is 12.3. The summed E-state index contributed by atoms with van der Waals surface area (Å²) in [4.78, 5) is 20.7. The van der Waals surface area contributed by atoms with Gasteiger partial charge < -0.3 is 5.32 Å². The van der Waals surface area contributed by atoms with Gasteiger partial charge in [0.25, 0.3) is 0 Å². The number of likely N-dealkylation sites (tertiary alicyclic amines) is 1. The SMILES string of the molecule is O=C(NCc1ccccc1CN1CCCC1)Nc1nc2c(s1)CCCC2. The van der Waals surface area contributed by atoms with Gasteiger partial charge in [-0.05, 0) is 62.7 Å². The number of carbonyl (C=O) groups is 1. The molecule has 0 spiro atoms. The van der Waals surface area contributed by atoms with Crippen molar-refractivity contribution in [3.63, 3.8) is 0 Å².